The third kappa shape index (κ3) is 1.75. The van der Waals surface area contributed by atoms with E-state index in [9.17, 15) is 0 Å². The van der Waals surface area contributed by atoms with E-state index in [1.165, 1.54) is 64.0 Å². The van der Waals surface area contributed by atoms with E-state index in [1.54, 1.807) is 0 Å². The van der Waals surface area contributed by atoms with Crippen molar-refractivity contribution in [3.8, 4) is 11.1 Å². The zero-order chi connectivity index (χ0) is 18.2. The Hall–Kier alpha value is -3.16. The summed E-state index contributed by atoms with van der Waals surface area (Å²) >= 11 is 1.96. The molecule has 5 aromatic carbocycles. The number of thiophene rings is 1. The first-order valence-electron chi connectivity index (χ1n) is 9.76. The molecule has 0 amide bonds. The van der Waals surface area contributed by atoms with Gasteiger partial charge in [-0.05, 0) is 49.9 Å². The van der Waals surface area contributed by atoms with Crippen LogP contribution in [-0.4, -0.2) is 0 Å². The molecule has 0 saturated carbocycles. The molecule has 1 aromatic heterocycles. The third-order valence-electron chi connectivity index (χ3n) is 6.30. The summed E-state index contributed by atoms with van der Waals surface area (Å²) < 4.78 is 2.85. The van der Waals surface area contributed by atoms with Crippen LogP contribution in [0, 0.1) is 0 Å². The van der Waals surface area contributed by atoms with Crippen molar-refractivity contribution in [3.63, 3.8) is 0 Å². The van der Waals surface area contributed by atoms with E-state index in [-0.39, 0.29) is 0 Å². The molecule has 0 bridgehead atoms. The summed E-state index contributed by atoms with van der Waals surface area (Å²) in [6.07, 6.45) is 1.03. The van der Waals surface area contributed by atoms with Crippen LogP contribution >= 0.6 is 11.3 Å². The first-order valence-corrected chi connectivity index (χ1v) is 10.6. The monoisotopic (exact) mass is 372 g/mol. The van der Waals surface area contributed by atoms with E-state index in [1.807, 2.05) is 11.3 Å². The molecule has 1 aliphatic rings. The lowest BCUT2D eigenvalue weighted by Crippen LogP contribution is -1.85. The van der Waals surface area contributed by atoms with Gasteiger partial charge in [0, 0.05) is 26.6 Å². The number of benzene rings is 5. The Morgan fingerprint density at radius 2 is 1.29 bits per heavy atom. The fraction of sp³-hybridized carbons (Fsp3) is 0.0370. The van der Waals surface area contributed by atoms with E-state index >= 15 is 0 Å². The maximum Gasteiger partial charge on any atom is 0.0403 e. The van der Waals surface area contributed by atoms with Crippen molar-refractivity contribution < 1.29 is 0 Å². The second-order valence-electron chi connectivity index (χ2n) is 7.69. The zero-order valence-corrected chi connectivity index (χ0v) is 16.0. The van der Waals surface area contributed by atoms with Crippen LogP contribution in [0.4, 0.5) is 0 Å². The standard InChI is InChI=1S/C27H16S/c1-2-8-17-16(7-1)13-14-20-22(17)15-23-25(20)18-9-3-4-10-19(18)26-21-11-5-6-12-24(21)28-27(23)26/h1-14H,15H2. The summed E-state index contributed by atoms with van der Waals surface area (Å²) in [7, 11) is 0. The van der Waals surface area contributed by atoms with Crippen molar-refractivity contribution in [1.82, 2.24) is 0 Å². The van der Waals surface area contributed by atoms with Gasteiger partial charge in [-0.3, -0.25) is 0 Å². The van der Waals surface area contributed by atoms with Gasteiger partial charge in [0.15, 0.2) is 0 Å². The van der Waals surface area contributed by atoms with E-state index < -0.39 is 0 Å². The maximum atomic E-state index is 2.34. The Morgan fingerprint density at radius 1 is 0.571 bits per heavy atom. The minimum absolute atomic E-state index is 1.03. The van der Waals surface area contributed by atoms with Gasteiger partial charge in [-0.1, -0.05) is 78.9 Å². The van der Waals surface area contributed by atoms with Gasteiger partial charge in [0.05, 0.1) is 0 Å². The molecular formula is C27H16S. The molecule has 6 aromatic rings. The molecule has 0 nitrogen and oxygen atoms in total. The second-order valence-corrected chi connectivity index (χ2v) is 8.74. The van der Waals surface area contributed by atoms with Crippen LogP contribution in [0.25, 0.3) is 52.8 Å². The van der Waals surface area contributed by atoms with Crippen molar-refractivity contribution >= 4 is 53.1 Å². The lowest BCUT2D eigenvalue weighted by Gasteiger charge is -2.10. The van der Waals surface area contributed by atoms with Crippen molar-refractivity contribution in [1.29, 1.82) is 0 Å². The van der Waals surface area contributed by atoms with Crippen LogP contribution in [0.3, 0.4) is 0 Å². The van der Waals surface area contributed by atoms with Gasteiger partial charge < -0.3 is 0 Å². The quantitative estimate of drug-likeness (QED) is 0.253. The fourth-order valence-corrected chi connectivity index (χ4v) is 6.40. The van der Waals surface area contributed by atoms with Crippen molar-refractivity contribution in [2.24, 2.45) is 0 Å². The van der Waals surface area contributed by atoms with Crippen LogP contribution in [0.1, 0.15) is 11.1 Å². The maximum absolute atomic E-state index is 2.34. The molecule has 1 heterocycles. The first-order chi connectivity index (χ1) is 13.9. The minimum atomic E-state index is 1.03. The van der Waals surface area contributed by atoms with Crippen molar-refractivity contribution in [2.45, 2.75) is 6.42 Å². The summed E-state index contributed by atoms with van der Waals surface area (Å²) in [6, 6.07) is 31.3. The average Bonchev–Trinajstić information content (AvgIpc) is 3.33. The first kappa shape index (κ1) is 14.8. The zero-order valence-electron chi connectivity index (χ0n) is 15.2. The number of hydrogen-bond donors (Lipinski definition) is 0. The highest BCUT2D eigenvalue weighted by atomic mass is 32.1. The van der Waals surface area contributed by atoms with Gasteiger partial charge >= 0.3 is 0 Å². The van der Waals surface area contributed by atoms with Crippen LogP contribution in [0.2, 0.25) is 0 Å². The van der Waals surface area contributed by atoms with Gasteiger partial charge in [0.1, 0.15) is 0 Å². The molecule has 0 fully saturated rings. The molecule has 0 spiro atoms. The van der Waals surface area contributed by atoms with E-state index in [4.69, 9.17) is 0 Å². The minimum Gasteiger partial charge on any atom is -0.135 e. The number of hydrogen-bond acceptors (Lipinski definition) is 1. The van der Waals surface area contributed by atoms with Crippen LogP contribution in [0.5, 0.6) is 0 Å². The van der Waals surface area contributed by atoms with Crippen LogP contribution in [0.15, 0.2) is 84.9 Å². The molecule has 0 atom stereocenters. The highest BCUT2D eigenvalue weighted by Crippen LogP contribution is 2.51. The average molecular weight is 372 g/mol. The Morgan fingerprint density at radius 3 is 2.18 bits per heavy atom. The van der Waals surface area contributed by atoms with Gasteiger partial charge in [0.25, 0.3) is 0 Å². The molecule has 0 unspecified atom stereocenters. The van der Waals surface area contributed by atoms with Gasteiger partial charge in [-0.25, -0.2) is 0 Å². The molecule has 0 aliphatic heterocycles. The Labute approximate surface area is 166 Å². The highest BCUT2D eigenvalue weighted by molar-refractivity contribution is 7.26. The van der Waals surface area contributed by atoms with Gasteiger partial charge in [0.2, 0.25) is 0 Å². The smallest absolute Gasteiger partial charge is 0.0403 e. The highest BCUT2D eigenvalue weighted by Gasteiger charge is 2.27. The van der Waals surface area contributed by atoms with Crippen LogP contribution in [-0.2, 0) is 6.42 Å². The molecule has 7 rings (SSSR count). The summed E-state index contributed by atoms with van der Waals surface area (Å²) in [5, 5.41) is 8.34. The Kier molecular flexibility index (Phi) is 2.76. The normalized spacial score (nSPS) is 12.9. The van der Waals surface area contributed by atoms with Gasteiger partial charge in [-0.15, -0.1) is 11.3 Å². The second kappa shape index (κ2) is 5.21. The molecule has 1 aliphatic carbocycles. The lowest BCUT2D eigenvalue weighted by molar-refractivity contribution is 1.32. The molecular weight excluding hydrogens is 356 g/mol. The molecule has 0 N–H and O–H groups in total. The summed E-state index contributed by atoms with van der Waals surface area (Å²) in [4.78, 5) is 0. The number of rotatable bonds is 0. The SMILES string of the molecule is c1ccc2c3c(ccc2c1)-c1c(c2sc4ccccc4c2c2ccccc12)C3. The predicted octanol–water partition coefficient (Wildman–Crippen LogP) is 7.93. The molecule has 28 heavy (non-hydrogen) atoms. The summed E-state index contributed by atoms with van der Waals surface area (Å²) in [6.45, 7) is 0. The van der Waals surface area contributed by atoms with E-state index in [0.717, 1.165) is 6.42 Å². The predicted molar refractivity (Wildman–Crippen MR) is 123 cm³/mol. The van der Waals surface area contributed by atoms with Crippen molar-refractivity contribution in [2.75, 3.05) is 0 Å². The molecule has 0 saturated heterocycles. The number of fused-ring (bicyclic) bond motifs is 12. The van der Waals surface area contributed by atoms with Crippen LogP contribution < -0.4 is 0 Å². The summed E-state index contributed by atoms with van der Waals surface area (Å²) in [5.41, 5.74) is 5.88. The van der Waals surface area contributed by atoms with Gasteiger partial charge in [-0.2, -0.15) is 0 Å². The third-order valence-corrected chi connectivity index (χ3v) is 7.53. The Balaban J connectivity index is 1.73. The fourth-order valence-electron chi connectivity index (χ4n) is 5.13. The van der Waals surface area contributed by atoms with Crippen molar-refractivity contribution in [3.05, 3.63) is 96.1 Å². The Bertz CT molecular complexity index is 1580. The van der Waals surface area contributed by atoms with E-state index in [0.29, 0.717) is 0 Å². The van der Waals surface area contributed by atoms with E-state index in [2.05, 4.69) is 84.9 Å². The summed E-state index contributed by atoms with van der Waals surface area (Å²) in [5.74, 6) is 0. The lowest BCUT2D eigenvalue weighted by atomic mass is 9.94. The molecule has 130 valence electrons. The molecule has 0 radical (unpaired) electrons. The largest absolute Gasteiger partial charge is 0.135 e. The molecule has 1 heteroatoms. The topological polar surface area (TPSA) is 0 Å².